The minimum atomic E-state index is -0.826. The van der Waals surface area contributed by atoms with Gasteiger partial charge in [-0.05, 0) is 49.4 Å². The fourth-order valence-corrected chi connectivity index (χ4v) is 3.46. The Hall–Kier alpha value is -4.00. The second-order valence-electron chi connectivity index (χ2n) is 7.06. The second kappa shape index (κ2) is 7.11. The Labute approximate surface area is 172 Å². The van der Waals surface area contributed by atoms with E-state index < -0.39 is 12.2 Å². The molecule has 0 bridgehead atoms. The first kappa shape index (κ1) is 18.1. The number of carbonyl (C=O) groups is 2. The Morgan fingerprint density at radius 1 is 0.900 bits per heavy atom. The molecule has 7 nitrogen and oxygen atoms in total. The number of rotatable bonds is 2. The molecule has 3 aromatic rings. The standard InChI is InChI=1S/C23H18N2O5/c1-13-21(30-20-9-5-4-8-19(20)28-13)23(27)24-14-10-11-17-15(12-14)22(26)25-16-6-2-3-7-18(16)29-17/h2-13,21H,1H3,(H,24,27)(H,25,26)/t13-,21-/m1/s1. The zero-order valence-electron chi connectivity index (χ0n) is 16.0. The van der Waals surface area contributed by atoms with E-state index in [1.54, 1.807) is 49.4 Å². The van der Waals surface area contributed by atoms with Crippen LogP contribution in [0.5, 0.6) is 23.0 Å². The molecular weight excluding hydrogens is 384 g/mol. The maximum absolute atomic E-state index is 12.8. The van der Waals surface area contributed by atoms with Crippen LogP contribution in [0, 0.1) is 0 Å². The summed E-state index contributed by atoms with van der Waals surface area (Å²) in [6.45, 7) is 1.77. The molecule has 3 aromatic carbocycles. The van der Waals surface area contributed by atoms with Crippen molar-refractivity contribution >= 4 is 23.2 Å². The van der Waals surface area contributed by atoms with Crippen molar-refractivity contribution in [3.05, 3.63) is 72.3 Å². The van der Waals surface area contributed by atoms with Crippen molar-refractivity contribution in [2.24, 2.45) is 0 Å². The zero-order chi connectivity index (χ0) is 20.7. The van der Waals surface area contributed by atoms with Gasteiger partial charge in [-0.3, -0.25) is 9.59 Å². The van der Waals surface area contributed by atoms with Gasteiger partial charge in [-0.2, -0.15) is 0 Å². The molecule has 0 saturated heterocycles. The number of fused-ring (bicyclic) bond motifs is 3. The number of anilines is 2. The molecule has 5 rings (SSSR count). The fraction of sp³-hybridized carbons (Fsp3) is 0.130. The topological polar surface area (TPSA) is 85.9 Å². The molecule has 7 heteroatoms. The molecule has 2 amide bonds. The minimum absolute atomic E-state index is 0.314. The normalized spacial score (nSPS) is 18.8. The summed E-state index contributed by atoms with van der Waals surface area (Å²) in [4.78, 5) is 25.5. The van der Waals surface area contributed by atoms with E-state index in [-0.39, 0.29) is 11.8 Å². The first-order valence-electron chi connectivity index (χ1n) is 9.54. The summed E-state index contributed by atoms with van der Waals surface area (Å²) >= 11 is 0. The number of nitrogens with one attached hydrogen (secondary N) is 2. The number of benzene rings is 3. The highest BCUT2D eigenvalue weighted by atomic mass is 16.6. The van der Waals surface area contributed by atoms with Gasteiger partial charge in [0.25, 0.3) is 11.8 Å². The zero-order valence-corrected chi connectivity index (χ0v) is 16.0. The lowest BCUT2D eigenvalue weighted by molar-refractivity contribution is -0.128. The molecule has 0 fully saturated rings. The van der Waals surface area contributed by atoms with Gasteiger partial charge in [0.1, 0.15) is 11.9 Å². The monoisotopic (exact) mass is 402 g/mol. The molecule has 150 valence electrons. The lowest BCUT2D eigenvalue weighted by Gasteiger charge is -2.31. The van der Waals surface area contributed by atoms with Crippen LogP contribution in [0.25, 0.3) is 0 Å². The Bertz CT molecular complexity index is 1160. The van der Waals surface area contributed by atoms with Crippen molar-refractivity contribution in [1.82, 2.24) is 0 Å². The van der Waals surface area contributed by atoms with Crippen molar-refractivity contribution in [3.63, 3.8) is 0 Å². The van der Waals surface area contributed by atoms with Crippen LogP contribution in [0.15, 0.2) is 66.7 Å². The molecule has 0 aliphatic carbocycles. The molecule has 2 aliphatic rings. The van der Waals surface area contributed by atoms with Gasteiger partial charge >= 0.3 is 0 Å². The predicted molar refractivity (Wildman–Crippen MR) is 110 cm³/mol. The average molecular weight is 402 g/mol. The van der Waals surface area contributed by atoms with Crippen molar-refractivity contribution < 1.29 is 23.8 Å². The van der Waals surface area contributed by atoms with Crippen LogP contribution in [-0.4, -0.2) is 24.0 Å². The third-order valence-corrected chi connectivity index (χ3v) is 4.95. The molecule has 0 radical (unpaired) electrons. The van der Waals surface area contributed by atoms with E-state index in [4.69, 9.17) is 14.2 Å². The maximum Gasteiger partial charge on any atom is 0.269 e. The molecule has 30 heavy (non-hydrogen) atoms. The van der Waals surface area contributed by atoms with Crippen molar-refractivity contribution in [1.29, 1.82) is 0 Å². The van der Waals surface area contributed by atoms with Gasteiger partial charge in [0, 0.05) is 5.69 Å². The van der Waals surface area contributed by atoms with E-state index >= 15 is 0 Å². The van der Waals surface area contributed by atoms with Crippen LogP contribution in [0.2, 0.25) is 0 Å². The van der Waals surface area contributed by atoms with Gasteiger partial charge in [-0.15, -0.1) is 0 Å². The quantitative estimate of drug-likeness (QED) is 0.671. The van der Waals surface area contributed by atoms with Gasteiger partial charge < -0.3 is 24.8 Å². The van der Waals surface area contributed by atoms with Crippen LogP contribution < -0.4 is 24.8 Å². The molecule has 2 aliphatic heterocycles. The summed E-state index contributed by atoms with van der Waals surface area (Å²) < 4.78 is 17.5. The first-order valence-corrected chi connectivity index (χ1v) is 9.54. The van der Waals surface area contributed by atoms with Gasteiger partial charge in [0.2, 0.25) is 6.10 Å². The van der Waals surface area contributed by atoms with Gasteiger partial charge in [0.05, 0.1) is 11.3 Å². The van der Waals surface area contributed by atoms with E-state index in [1.165, 1.54) is 0 Å². The van der Waals surface area contributed by atoms with Crippen LogP contribution in [0.1, 0.15) is 17.3 Å². The molecule has 0 spiro atoms. The molecule has 0 aromatic heterocycles. The van der Waals surface area contributed by atoms with E-state index in [0.717, 1.165) is 0 Å². The number of hydrogen-bond acceptors (Lipinski definition) is 5. The smallest absolute Gasteiger partial charge is 0.269 e. The number of amides is 2. The summed E-state index contributed by atoms with van der Waals surface area (Å²) in [5, 5.41) is 5.62. The first-order chi connectivity index (χ1) is 14.6. The van der Waals surface area contributed by atoms with Crippen LogP contribution >= 0.6 is 0 Å². The Morgan fingerprint density at radius 2 is 1.60 bits per heavy atom. The van der Waals surface area contributed by atoms with Crippen molar-refractivity contribution in [2.45, 2.75) is 19.1 Å². The number of para-hydroxylation sites is 4. The molecule has 0 unspecified atom stereocenters. The lowest BCUT2D eigenvalue weighted by atomic mass is 10.1. The third kappa shape index (κ3) is 3.20. The predicted octanol–water partition coefficient (Wildman–Crippen LogP) is 4.21. The van der Waals surface area contributed by atoms with E-state index in [0.29, 0.717) is 39.9 Å². The van der Waals surface area contributed by atoms with E-state index in [9.17, 15) is 9.59 Å². The molecule has 2 heterocycles. The van der Waals surface area contributed by atoms with Gasteiger partial charge in [-0.1, -0.05) is 24.3 Å². The van der Waals surface area contributed by atoms with Crippen molar-refractivity contribution in [3.8, 4) is 23.0 Å². The minimum Gasteiger partial charge on any atom is -0.482 e. The highest BCUT2D eigenvalue weighted by Crippen LogP contribution is 2.37. The Kier molecular flexibility index (Phi) is 4.28. The molecule has 2 atom stereocenters. The average Bonchev–Trinajstić information content (AvgIpc) is 2.89. The number of carbonyl (C=O) groups excluding carboxylic acids is 2. The highest BCUT2D eigenvalue weighted by molar-refractivity contribution is 6.09. The maximum atomic E-state index is 12.8. The second-order valence-corrected chi connectivity index (χ2v) is 7.06. The summed E-state index contributed by atoms with van der Waals surface area (Å²) in [6, 6.07) is 19.3. The highest BCUT2D eigenvalue weighted by Gasteiger charge is 2.34. The molecular formula is C23H18N2O5. The number of hydrogen-bond donors (Lipinski definition) is 2. The summed E-state index contributed by atoms with van der Waals surface area (Å²) in [7, 11) is 0. The van der Waals surface area contributed by atoms with Gasteiger partial charge in [-0.25, -0.2) is 0 Å². The van der Waals surface area contributed by atoms with Crippen molar-refractivity contribution in [2.75, 3.05) is 10.6 Å². The van der Waals surface area contributed by atoms with E-state index in [1.807, 2.05) is 24.3 Å². The van der Waals surface area contributed by atoms with Gasteiger partial charge in [0.15, 0.2) is 17.2 Å². The Balaban J connectivity index is 1.37. The van der Waals surface area contributed by atoms with Crippen LogP contribution in [0.4, 0.5) is 11.4 Å². The molecule has 2 N–H and O–H groups in total. The summed E-state index contributed by atoms with van der Waals surface area (Å²) in [6.07, 6.45) is -1.30. The third-order valence-electron chi connectivity index (χ3n) is 4.95. The van der Waals surface area contributed by atoms with Crippen LogP contribution in [0.3, 0.4) is 0 Å². The summed E-state index contributed by atoms with van der Waals surface area (Å²) in [5.74, 6) is 1.41. The SMILES string of the molecule is C[C@H]1Oc2ccccc2O[C@H]1C(=O)Nc1ccc2c(c1)C(=O)Nc1ccccc1O2. The van der Waals surface area contributed by atoms with Crippen LogP contribution in [-0.2, 0) is 4.79 Å². The fourth-order valence-electron chi connectivity index (χ4n) is 3.46. The largest absolute Gasteiger partial charge is 0.482 e. The van der Waals surface area contributed by atoms with E-state index in [2.05, 4.69) is 10.6 Å². The Morgan fingerprint density at radius 3 is 2.40 bits per heavy atom. The lowest BCUT2D eigenvalue weighted by Crippen LogP contribution is -2.46. The summed E-state index contributed by atoms with van der Waals surface area (Å²) in [5.41, 5.74) is 1.37. The number of ether oxygens (including phenoxy) is 3. The molecule has 0 saturated carbocycles.